The Balaban J connectivity index is 1.64. The van der Waals surface area contributed by atoms with E-state index in [9.17, 15) is 10.1 Å². The van der Waals surface area contributed by atoms with Gasteiger partial charge in [-0.05, 0) is 47.1 Å². The molecule has 3 aromatic rings. The highest BCUT2D eigenvalue weighted by Crippen LogP contribution is 2.34. The van der Waals surface area contributed by atoms with Crippen molar-refractivity contribution in [2.45, 2.75) is 58.7 Å². The zero-order valence-corrected chi connectivity index (χ0v) is 19.3. The van der Waals surface area contributed by atoms with Crippen molar-refractivity contribution in [3.05, 3.63) is 35.9 Å². The molecule has 1 amide bonds. The van der Waals surface area contributed by atoms with Crippen molar-refractivity contribution >= 4 is 11.6 Å². The Labute approximate surface area is 187 Å². The molecule has 1 aliphatic rings. The van der Waals surface area contributed by atoms with E-state index in [2.05, 4.69) is 16.3 Å². The number of likely N-dealkylation sites (tertiary alicyclic amines) is 1. The number of pyridine rings is 1. The highest BCUT2D eigenvalue weighted by atomic mass is 16.6. The largest absolute Gasteiger partial charge is 0.494 e. The molecule has 168 valence electrons. The van der Waals surface area contributed by atoms with Crippen molar-refractivity contribution in [2.24, 2.45) is 0 Å². The van der Waals surface area contributed by atoms with Crippen LogP contribution in [0, 0.1) is 18.3 Å². The van der Waals surface area contributed by atoms with Gasteiger partial charge in [0, 0.05) is 35.6 Å². The van der Waals surface area contributed by atoms with E-state index < -0.39 is 5.60 Å². The third-order valence-corrected chi connectivity index (χ3v) is 5.80. The number of carbonyl (C=O) groups excluding carboxylic acids is 1. The maximum absolute atomic E-state index is 12.6. The van der Waals surface area contributed by atoms with Gasteiger partial charge >= 0.3 is 6.09 Å². The van der Waals surface area contributed by atoms with Gasteiger partial charge in [-0.1, -0.05) is 0 Å². The Morgan fingerprint density at radius 3 is 2.69 bits per heavy atom. The minimum atomic E-state index is -0.528. The van der Waals surface area contributed by atoms with Crippen LogP contribution >= 0.6 is 0 Å². The molecule has 0 aliphatic carbocycles. The number of hydrogen-bond acceptors (Lipinski definition) is 6. The molecule has 32 heavy (non-hydrogen) atoms. The molecule has 4 heterocycles. The van der Waals surface area contributed by atoms with E-state index in [4.69, 9.17) is 9.47 Å². The van der Waals surface area contributed by atoms with E-state index in [1.54, 1.807) is 16.5 Å². The van der Waals surface area contributed by atoms with Gasteiger partial charge in [0.1, 0.15) is 28.5 Å². The Bertz CT molecular complexity index is 1210. The summed E-state index contributed by atoms with van der Waals surface area (Å²) in [5, 5.41) is 18.3. The number of methoxy groups -OCH3 is 1. The molecule has 1 saturated heterocycles. The molecule has 1 fully saturated rings. The number of fused-ring (bicyclic) bond motifs is 1. The van der Waals surface area contributed by atoms with E-state index in [1.807, 2.05) is 57.8 Å². The van der Waals surface area contributed by atoms with Crippen LogP contribution in [0.1, 0.15) is 51.4 Å². The lowest BCUT2D eigenvalue weighted by Gasteiger charge is -2.26. The van der Waals surface area contributed by atoms with Crippen molar-refractivity contribution in [1.82, 2.24) is 24.3 Å². The van der Waals surface area contributed by atoms with Gasteiger partial charge in [0.2, 0.25) is 0 Å². The van der Waals surface area contributed by atoms with Crippen molar-refractivity contribution in [3.63, 3.8) is 0 Å². The lowest BCUT2D eigenvalue weighted by molar-refractivity contribution is 0.0234. The monoisotopic (exact) mass is 436 g/mol. The number of amides is 1. The van der Waals surface area contributed by atoms with Crippen LogP contribution in [0.5, 0.6) is 5.75 Å². The predicted molar refractivity (Wildman–Crippen MR) is 118 cm³/mol. The Morgan fingerprint density at radius 1 is 1.28 bits per heavy atom. The summed E-state index contributed by atoms with van der Waals surface area (Å²) in [6.45, 7) is 10.2. The minimum Gasteiger partial charge on any atom is -0.494 e. The highest BCUT2D eigenvalue weighted by Gasteiger charge is 2.37. The molecule has 0 bridgehead atoms. The van der Waals surface area contributed by atoms with E-state index in [0.717, 1.165) is 23.2 Å². The van der Waals surface area contributed by atoms with E-state index in [1.165, 1.54) is 6.20 Å². The van der Waals surface area contributed by atoms with E-state index >= 15 is 0 Å². The number of ether oxygens (including phenoxy) is 2. The lowest BCUT2D eigenvalue weighted by Crippen LogP contribution is -2.39. The van der Waals surface area contributed by atoms with Crippen LogP contribution in [0.2, 0.25) is 0 Å². The van der Waals surface area contributed by atoms with Crippen molar-refractivity contribution in [1.29, 1.82) is 5.26 Å². The first-order valence-corrected chi connectivity index (χ1v) is 10.6. The fourth-order valence-corrected chi connectivity index (χ4v) is 4.30. The standard InChI is InChI=1S/C23H28N6O3/c1-14-7-18(13-27(14)22(30)32-23(3,4)5)29-15(2)19(11-26-29)16-8-20(31-6)21-17(9-24)10-25-28(21)12-16/h8,10-12,14,18H,7,13H2,1-6H3/t14-,18-/m0/s1. The summed E-state index contributed by atoms with van der Waals surface area (Å²) in [6, 6.07) is 4.17. The number of hydrogen-bond donors (Lipinski definition) is 0. The van der Waals surface area contributed by atoms with Crippen molar-refractivity contribution < 1.29 is 14.3 Å². The van der Waals surface area contributed by atoms with Crippen LogP contribution < -0.4 is 4.74 Å². The summed E-state index contributed by atoms with van der Waals surface area (Å²) < 4.78 is 14.7. The van der Waals surface area contributed by atoms with Crippen molar-refractivity contribution in [3.8, 4) is 22.9 Å². The first kappa shape index (κ1) is 21.7. The Kier molecular flexibility index (Phi) is 5.33. The molecule has 9 nitrogen and oxygen atoms in total. The molecule has 0 saturated carbocycles. The average Bonchev–Trinajstić information content (AvgIpc) is 3.42. The van der Waals surface area contributed by atoms with Gasteiger partial charge in [0.05, 0.1) is 25.5 Å². The molecule has 2 atom stereocenters. The molecule has 9 heteroatoms. The number of rotatable bonds is 3. The van der Waals surface area contributed by atoms with E-state index in [-0.39, 0.29) is 18.2 Å². The highest BCUT2D eigenvalue weighted by molar-refractivity contribution is 5.76. The summed E-state index contributed by atoms with van der Waals surface area (Å²) in [6.07, 6.45) is 5.74. The first-order valence-electron chi connectivity index (χ1n) is 10.6. The number of nitrogens with zero attached hydrogens (tertiary/aromatic N) is 6. The summed E-state index contributed by atoms with van der Waals surface area (Å²) in [5.74, 6) is 0.578. The van der Waals surface area contributed by atoms with E-state index in [0.29, 0.717) is 23.4 Å². The molecule has 3 aromatic heterocycles. The molecule has 1 aliphatic heterocycles. The first-order chi connectivity index (χ1) is 15.1. The number of nitriles is 1. The maximum Gasteiger partial charge on any atom is 0.410 e. The summed E-state index contributed by atoms with van der Waals surface area (Å²) in [4.78, 5) is 14.4. The van der Waals surface area contributed by atoms with Crippen LogP contribution in [-0.4, -0.2) is 55.7 Å². The van der Waals surface area contributed by atoms with Crippen LogP contribution in [0.15, 0.2) is 24.7 Å². The fraction of sp³-hybridized carbons (Fsp3) is 0.478. The molecule has 4 rings (SSSR count). The van der Waals surface area contributed by atoms with Gasteiger partial charge in [-0.3, -0.25) is 4.68 Å². The van der Waals surface area contributed by atoms with Crippen LogP contribution in [0.3, 0.4) is 0 Å². The van der Waals surface area contributed by atoms with Crippen LogP contribution in [-0.2, 0) is 4.74 Å². The lowest BCUT2D eigenvalue weighted by atomic mass is 10.1. The Hall–Kier alpha value is -3.54. The Morgan fingerprint density at radius 2 is 2.03 bits per heavy atom. The predicted octanol–water partition coefficient (Wildman–Crippen LogP) is 3.96. The van der Waals surface area contributed by atoms with Crippen LogP contribution in [0.4, 0.5) is 4.79 Å². The zero-order chi connectivity index (χ0) is 23.2. The average molecular weight is 437 g/mol. The quantitative estimate of drug-likeness (QED) is 0.616. The molecule has 0 spiro atoms. The summed E-state index contributed by atoms with van der Waals surface area (Å²) in [7, 11) is 1.58. The smallest absolute Gasteiger partial charge is 0.410 e. The second-order valence-corrected chi connectivity index (χ2v) is 9.22. The number of carbonyl (C=O) groups is 1. The second kappa shape index (κ2) is 7.86. The molecular weight excluding hydrogens is 408 g/mol. The third kappa shape index (κ3) is 3.77. The topological polar surface area (TPSA) is 97.7 Å². The van der Waals surface area contributed by atoms with Crippen LogP contribution in [0.25, 0.3) is 16.6 Å². The van der Waals surface area contributed by atoms with Gasteiger partial charge in [0.15, 0.2) is 0 Å². The molecule has 0 unspecified atom stereocenters. The van der Waals surface area contributed by atoms with Crippen molar-refractivity contribution in [2.75, 3.05) is 13.7 Å². The molecule has 0 radical (unpaired) electrons. The normalized spacial score (nSPS) is 18.7. The fourth-order valence-electron chi connectivity index (χ4n) is 4.30. The van der Waals surface area contributed by atoms with Gasteiger partial charge in [-0.2, -0.15) is 15.5 Å². The third-order valence-electron chi connectivity index (χ3n) is 5.80. The SMILES string of the molecule is COc1cc(-c2cnn([C@H]3C[C@H](C)N(C(=O)OC(C)(C)C)C3)c2C)cn2ncc(C#N)c12. The van der Waals surface area contributed by atoms with Gasteiger partial charge in [0.25, 0.3) is 0 Å². The van der Waals surface area contributed by atoms with Gasteiger partial charge in [-0.25, -0.2) is 9.31 Å². The van der Waals surface area contributed by atoms with Gasteiger partial charge in [-0.15, -0.1) is 0 Å². The van der Waals surface area contributed by atoms with Gasteiger partial charge < -0.3 is 14.4 Å². The molecular formula is C23H28N6O3. The summed E-state index contributed by atoms with van der Waals surface area (Å²) >= 11 is 0. The summed E-state index contributed by atoms with van der Waals surface area (Å²) in [5.41, 5.74) is 3.40. The molecule has 0 aromatic carbocycles. The second-order valence-electron chi connectivity index (χ2n) is 9.22. The molecule has 0 N–H and O–H groups in total. The maximum atomic E-state index is 12.6. The zero-order valence-electron chi connectivity index (χ0n) is 19.3. The number of aromatic nitrogens is 4. The minimum absolute atomic E-state index is 0.0618.